The van der Waals surface area contributed by atoms with Crippen LogP contribution in [0.15, 0.2) is 18.2 Å². The third-order valence-corrected chi connectivity index (χ3v) is 2.43. The number of aliphatic hydroxyl groups excluding tert-OH is 2. The van der Waals surface area contributed by atoms with Crippen LogP contribution < -0.4 is 5.73 Å². The molecular formula is C12H17NO3. The van der Waals surface area contributed by atoms with Crippen molar-refractivity contribution in [2.24, 2.45) is 5.73 Å². The molecule has 0 amide bonds. The van der Waals surface area contributed by atoms with Gasteiger partial charge in [0, 0.05) is 0 Å². The molecule has 0 saturated heterocycles. The van der Waals surface area contributed by atoms with Gasteiger partial charge in [-0.3, -0.25) is 0 Å². The van der Waals surface area contributed by atoms with Crippen LogP contribution in [0.4, 0.5) is 0 Å². The van der Waals surface area contributed by atoms with Crippen molar-refractivity contribution in [2.45, 2.75) is 26.2 Å². The lowest BCUT2D eigenvalue weighted by Crippen LogP contribution is -2.14. The van der Waals surface area contributed by atoms with Gasteiger partial charge < -0.3 is 21.1 Å². The Balaban J connectivity index is 3.26. The fourth-order valence-corrected chi connectivity index (χ4v) is 1.52. The number of phenols is 1. The van der Waals surface area contributed by atoms with Gasteiger partial charge >= 0.3 is 0 Å². The molecule has 0 radical (unpaired) electrons. The zero-order valence-electron chi connectivity index (χ0n) is 9.38. The van der Waals surface area contributed by atoms with E-state index >= 15 is 0 Å². The second-order valence-corrected chi connectivity index (χ2v) is 3.74. The van der Waals surface area contributed by atoms with Crippen LogP contribution in [0.2, 0.25) is 0 Å². The van der Waals surface area contributed by atoms with Gasteiger partial charge in [0.25, 0.3) is 0 Å². The molecule has 2 unspecified atom stereocenters. The highest BCUT2D eigenvalue weighted by Gasteiger charge is 2.11. The fourth-order valence-electron chi connectivity index (χ4n) is 1.52. The van der Waals surface area contributed by atoms with Crippen molar-refractivity contribution in [2.75, 3.05) is 0 Å². The zero-order chi connectivity index (χ0) is 12.3. The van der Waals surface area contributed by atoms with Crippen molar-refractivity contribution < 1.29 is 15.3 Å². The van der Waals surface area contributed by atoms with Crippen LogP contribution in [-0.2, 0) is 0 Å². The Labute approximate surface area is 94.7 Å². The highest BCUT2D eigenvalue weighted by Crippen LogP contribution is 2.28. The number of aromatic hydroxyl groups is 1. The molecule has 2 atom stereocenters. The van der Waals surface area contributed by atoms with Crippen LogP contribution >= 0.6 is 0 Å². The van der Waals surface area contributed by atoms with E-state index < -0.39 is 12.3 Å². The topological polar surface area (TPSA) is 86.7 Å². The molecule has 0 heterocycles. The Morgan fingerprint density at radius 2 is 1.94 bits per heavy atom. The molecule has 1 aromatic carbocycles. The molecule has 0 saturated carbocycles. The maximum Gasteiger partial charge on any atom is 0.121 e. The van der Waals surface area contributed by atoms with Crippen LogP contribution in [0.1, 0.15) is 29.7 Å². The Bertz CT molecular complexity index is 397. The third kappa shape index (κ3) is 2.82. The number of rotatable bonds is 3. The number of hydrogen-bond donors (Lipinski definition) is 4. The van der Waals surface area contributed by atoms with Crippen molar-refractivity contribution in [3.05, 3.63) is 34.9 Å². The Kier molecular flexibility index (Phi) is 4.06. The number of benzene rings is 1. The number of aliphatic hydroxyl groups is 2. The molecule has 1 aromatic rings. The molecule has 88 valence electrons. The van der Waals surface area contributed by atoms with Gasteiger partial charge in [-0.1, -0.05) is 12.1 Å². The van der Waals surface area contributed by atoms with E-state index in [1.807, 2.05) is 0 Å². The molecular weight excluding hydrogens is 206 g/mol. The average molecular weight is 223 g/mol. The van der Waals surface area contributed by atoms with Crippen molar-refractivity contribution in [1.82, 2.24) is 0 Å². The molecule has 4 nitrogen and oxygen atoms in total. The molecule has 0 fully saturated rings. The monoisotopic (exact) mass is 223 g/mol. The Morgan fingerprint density at radius 3 is 2.44 bits per heavy atom. The summed E-state index contributed by atoms with van der Waals surface area (Å²) < 4.78 is 0. The normalized spacial score (nSPS) is 15.3. The first-order chi connectivity index (χ1) is 7.43. The van der Waals surface area contributed by atoms with E-state index in [0.29, 0.717) is 16.7 Å². The minimum atomic E-state index is -1.05. The number of phenolic OH excluding ortho intramolecular Hbond substituents is 1. The Hall–Kier alpha value is -1.36. The highest BCUT2D eigenvalue weighted by atomic mass is 16.3. The smallest absolute Gasteiger partial charge is 0.121 e. The molecule has 0 aromatic heterocycles. The summed E-state index contributed by atoms with van der Waals surface area (Å²) >= 11 is 0. The van der Waals surface area contributed by atoms with E-state index in [9.17, 15) is 10.2 Å². The summed E-state index contributed by atoms with van der Waals surface area (Å²) in [5.41, 5.74) is 7.21. The average Bonchev–Trinajstić information content (AvgIpc) is 2.19. The molecule has 16 heavy (non-hydrogen) atoms. The summed E-state index contributed by atoms with van der Waals surface area (Å²) in [5, 5.41) is 28.1. The van der Waals surface area contributed by atoms with E-state index in [1.165, 1.54) is 12.1 Å². The van der Waals surface area contributed by atoms with Crippen LogP contribution in [0.3, 0.4) is 0 Å². The molecule has 0 aliphatic rings. The van der Waals surface area contributed by atoms with Gasteiger partial charge in [-0.25, -0.2) is 0 Å². The molecule has 5 N–H and O–H groups in total. The lowest BCUT2D eigenvalue weighted by molar-refractivity contribution is 0.199. The summed E-state index contributed by atoms with van der Waals surface area (Å²) in [6, 6.07) is 3.18. The zero-order valence-corrected chi connectivity index (χ0v) is 9.38. The number of nitrogens with two attached hydrogens (primary N) is 1. The quantitative estimate of drug-likeness (QED) is 0.577. The first-order valence-corrected chi connectivity index (χ1v) is 5.06. The fraction of sp³-hybridized carbons (Fsp3) is 0.333. The van der Waals surface area contributed by atoms with E-state index in [1.54, 1.807) is 26.0 Å². The summed E-state index contributed by atoms with van der Waals surface area (Å²) in [4.78, 5) is 0. The summed E-state index contributed by atoms with van der Waals surface area (Å²) in [6.07, 6.45) is 1.30. The van der Waals surface area contributed by atoms with Gasteiger partial charge in [0.2, 0.25) is 0 Å². The number of hydrogen-bond acceptors (Lipinski definition) is 4. The lowest BCUT2D eigenvalue weighted by atomic mass is 9.97. The molecule has 0 spiro atoms. The van der Waals surface area contributed by atoms with Gasteiger partial charge in [0.05, 0.1) is 6.10 Å². The summed E-state index contributed by atoms with van der Waals surface area (Å²) in [7, 11) is 0. The SMILES string of the molecule is Cc1c(O)ccc(C(C)O)c1/C=C\C(N)O. The van der Waals surface area contributed by atoms with E-state index in [-0.39, 0.29) is 5.75 Å². The molecule has 0 aliphatic heterocycles. The molecule has 0 aliphatic carbocycles. The van der Waals surface area contributed by atoms with Gasteiger partial charge in [0.15, 0.2) is 0 Å². The van der Waals surface area contributed by atoms with Crippen molar-refractivity contribution >= 4 is 6.08 Å². The third-order valence-electron chi connectivity index (χ3n) is 2.43. The second kappa shape index (κ2) is 5.12. The minimum absolute atomic E-state index is 0.149. The van der Waals surface area contributed by atoms with E-state index in [4.69, 9.17) is 10.8 Å². The van der Waals surface area contributed by atoms with Gasteiger partial charge in [-0.2, -0.15) is 0 Å². The first-order valence-electron chi connectivity index (χ1n) is 5.06. The molecule has 0 bridgehead atoms. The Morgan fingerprint density at radius 1 is 1.31 bits per heavy atom. The van der Waals surface area contributed by atoms with Gasteiger partial charge in [-0.05, 0) is 42.7 Å². The van der Waals surface area contributed by atoms with Crippen molar-refractivity contribution in [3.8, 4) is 5.75 Å². The standard InChI is InChI=1S/C12H17NO3/c1-7-9(4-6-12(13)16)10(8(2)14)3-5-11(7)15/h3-6,8,12,14-16H,13H2,1-2H3/b6-4-. The predicted molar refractivity (Wildman–Crippen MR) is 62.7 cm³/mol. The predicted octanol–water partition coefficient (Wildman–Crippen LogP) is 1.04. The first kappa shape index (κ1) is 12.7. The maximum atomic E-state index is 9.58. The van der Waals surface area contributed by atoms with Crippen LogP contribution in [-0.4, -0.2) is 21.5 Å². The van der Waals surface area contributed by atoms with Crippen LogP contribution in [0, 0.1) is 6.92 Å². The van der Waals surface area contributed by atoms with Crippen molar-refractivity contribution in [1.29, 1.82) is 0 Å². The minimum Gasteiger partial charge on any atom is -0.508 e. The van der Waals surface area contributed by atoms with Crippen LogP contribution in [0.25, 0.3) is 6.08 Å². The van der Waals surface area contributed by atoms with E-state index in [2.05, 4.69) is 0 Å². The molecule has 4 heteroatoms. The van der Waals surface area contributed by atoms with Gasteiger partial charge in [0.1, 0.15) is 12.0 Å². The van der Waals surface area contributed by atoms with Crippen molar-refractivity contribution in [3.63, 3.8) is 0 Å². The lowest BCUT2D eigenvalue weighted by Gasteiger charge is -2.13. The van der Waals surface area contributed by atoms with Crippen LogP contribution in [0.5, 0.6) is 5.75 Å². The largest absolute Gasteiger partial charge is 0.508 e. The molecule has 1 rings (SSSR count). The second-order valence-electron chi connectivity index (χ2n) is 3.74. The maximum absolute atomic E-state index is 9.58. The van der Waals surface area contributed by atoms with E-state index in [0.717, 1.165) is 0 Å². The summed E-state index contributed by atoms with van der Waals surface area (Å²) in [6.45, 7) is 3.38. The highest BCUT2D eigenvalue weighted by molar-refractivity contribution is 5.62. The summed E-state index contributed by atoms with van der Waals surface area (Å²) in [5.74, 6) is 0.149. The van der Waals surface area contributed by atoms with Gasteiger partial charge in [-0.15, -0.1) is 0 Å².